The largest absolute Gasteiger partial charge is 0.495 e. The third-order valence-corrected chi connectivity index (χ3v) is 4.36. The SMILES string of the molecule is COc1ccc(Nc2c(C#N)cnc3cc(C)c(NC(C)=O)cc23)cc1Cl. The molecular formula is C20H17ClN4O2. The van der Waals surface area contributed by atoms with Gasteiger partial charge in [0, 0.05) is 29.9 Å². The topological polar surface area (TPSA) is 87.0 Å². The molecule has 0 saturated carbocycles. The first-order valence-corrected chi connectivity index (χ1v) is 8.52. The lowest BCUT2D eigenvalue weighted by molar-refractivity contribution is -0.114. The molecule has 0 unspecified atom stereocenters. The van der Waals surface area contributed by atoms with E-state index in [0.717, 1.165) is 10.9 Å². The number of ether oxygens (including phenoxy) is 1. The van der Waals surface area contributed by atoms with Gasteiger partial charge in [-0.3, -0.25) is 9.78 Å². The number of benzene rings is 2. The van der Waals surface area contributed by atoms with Crippen LogP contribution >= 0.6 is 11.6 Å². The van der Waals surface area contributed by atoms with Crippen LogP contribution < -0.4 is 15.4 Å². The molecule has 0 fully saturated rings. The first-order chi connectivity index (χ1) is 12.9. The van der Waals surface area contributed by atoms with Crippen molar-refractivity contribution in [2.75, 3.05) is 17.7 Å². The van der Waals surface area contributed by atoms with Crippen LogP contribution in [0.5, 0.6) is 5.75 Å². The van der Waals surface area contributed by atoms with Crippen LogP contribution in [0.25, 0.3) is 10.9 Å². The van der Waals surface area contributed by atoms with Gasteiger partial charge in [-0.25, -0.2) is 0 Å². The Balaban J connectivity index is 2.16. The number of carbonyl (C=O) groups is 1. The highest BCUT2D eigenvalue weighted by Gasteiger charge is 2.13. The zero-order valence-electron chi connectivity index (χ0n) is 15.1. The molecule has 1 heterocycles. The van der Waals surface area contributed by atoms with Gasteiger partial charge >= 0.3 is 0 Å². The fourth-order valence-corrected chi connectivity index (χ4v) is 3.03. The summed E-state index contributed by atoms with van der Waals surface area (Å²) in [5, 5.41) is 16.7. The van der Waals surface area contributed by atoms with E-state index in [0.29, 0.717) is 38.9 Å². The summed E-state index contributed by atoms with van der Waals surface area (Å²) in [6.07, 6.45) is 1.52. The fraction of sp³-hybridized carbons (Fsp3) is 0.150. The Bertz CT molecular complexity index is 1090. The number of hydrogen-bond donors (Lipinski definition) is 2. The van der Waals surface area contributed by atoms with Crippen LogP contribution in [-0.2, 0) is 4.79 Å². The fourth-order valence-electron chi connectivity index (χ4n) is 2.78. The van der Waals surface area contributed by atoms with Crippen LogP contribution in [0.2, 0.25) is 5.02 Å². The van der Waals surface area contributed by atoms with E-state index in [2.05, 4.69) is 21.7 Å². The molecule has 0 aliphatic carbocycles. The second-order valence-electron chi connectivity index (χ2n) is 6.00. The van der Waals surface area contributed by atoms with Crippen molar-refractivity contribution in [2.45, 2.75) is 13.8 Å². The second kappa shape index (κ2) is 7.52. The van der Waals surface area contributed by atoms with Gasteiger partial charge in [0.15, 0.2) is 0 Å². The average molecular weight is 381 g/mol. The number of aromatic nitrogens is 1. The van der Waals surface area contributed by atoms with Gasteiger partial charge < -0.3 is 15.4 Å². The molecule has 0 bridgehead atoms. The molecule has 3 rings (SSSR count). The third kappa shape index (κ3) is 3.78. The minimum Gasteiger partial charge on any atom is -0.495 e. The Kier molecular flexibility index (Phi) is 5.15. The first-order valence-electron chi connectivity index (χ1n) is 8.14. The maximum absolute atomic E-state index is 11.5. The molecule has 27 heavy (non-hydrogen) atoms. The Hall–Kier alpha value is -3.30. The Labute approximate surface area is 161 Å². The van der Waals surface area contributed by atoms with E-state index in [4.69, 9.17) is 16.3 Å². The predicted molar refractivity (Wildman–Crippen MR) is 107 cm³/mol. The lowest BCUT2D eigenvalue weighted by Gasteiger charge is -2.15. The molecule has 2 N–H and O–H groups in total. The number of nitrogens with one attached hydrogen (secondary N) is 2. The zero-order chi connectivity index (χ0) is 19.6. The van der Waals surface area contributed by atoms with E-state index >= 15 is 0 Å². The number of aryl methyl sites for hydroxylation is 1. The molecule has 7 heteroatoms. The van der Waals surface area contributed by atoms with Gasteiger partial charge in [0.25, 0.3) is 0 Å². The normalized spacial score (nSPS) is 10.3. The maximum Gasteiger partial charge on any atom is 0.221 e. The van der Waals surface area contributed by atoms with Crippen molar-refractivity contribution >= 4 is 45.5 Å². The van der Waals surface area contributed by atoms with Gasteiger partial charge in [-0.15, -0.1) is 0 Å². The van der Waals surface area contributed by atoms with E-state index in [-0.39, 0.29) is 5.91 Å². The Morgan fingerprint density at radius 3 is 2.70 bits per heavy atom. The number of nitriles is 1. The second-order valence-corrected chi connectivity index (χ2v) is 6.41. The summed E-state index contributed by atoms with van der Waals surface area (Å²) >= 11 is 6.20. The predicted octanol–water partition coefficient (Wildman–Crippen LogP) is 4.78. The number of hydrogen-bond acceptors (Lipinski definition) is 5. The van der Waals surface area contributed by atoms with Crippen molar-refractivity contribution in [1.82, 2.24) is 4.98 Å². The molecule has 0 aliphatic heterocycles. The average Bonchev–Trinajstić information content (AvgIpc) is 2.63. The number of halogens is 1. The van der Waals surface area contributed by atoms with Gasteiger partial charge in [-0.1, -0.05) is 11.6 Å². The molecule has 6 nitrogen and oxygen atoms in total. The van der Waals surface area contributed by atoms with Crippen LogP contribution in [0, 0.1) is 18.3 Å². The van der Waals surface area contributed by atoms with Gasteiger partial charge in [0.2, 0.25) is 5.91 Å². The highest BCUT2D eigenvalue weighted by atomic mass is 35.5. The molecule has 0 radical (unpaired) electrons. The van der Waals surface area contributed by atoms with Gasteiger partial charge in [0.05, 0.1) is 28.9 Å². The Morgan fingerprint density at radius 2 is 2.07 bits per heavy atom. The molecular weight excluding hydrogens is 364 g/mol. The molecule has 0 atom stereocenters. The number of pyridine rings is 1. The third-order valence-electron chi connectivity index (χ3n) is 4.07. The van der Waals surface area contributed by atoms with E-state index in [1.54, 1.807) is 25.3 Å². The van der Waals surface area contributed by atoms with Gasteiger partial charge in [-0.05, 0) is 42.8 Å². The number of fused-ring (bicyclic) bond motifs is 1. The monoisotopic (exact) mass is 380 g/mol. The van der Waals surface area contributed by atoms with Crippen LogP contribution in [0.3, 0.4) is 0 Å². The van der Waals surface area contributed by atoms with Crippen LogP contribution in [0.4, 0.5) is 17.1 Å². The van der Waals surface area contributed by atoms with Crippen molar-refractivity contribution in [2.24, 2.45) is 0 Å². The molecule has 1 aromatic heterocycles. The smallest absolute Gasteiger partial charge is 0.221 e. The van der Waals surface area contributed by atoms with Gasteiger partial charge in [0.1, 0.15) is 11.8 Å². The van der Waals surface area contributed by atoms with Crippen molar-refractivity contribution in [3.05, 3.63) is 52.7 Å². The molecule has 3 aromatic rings. The summed E-state index contributed by atoms with van der Waals surface area (Å²) in [6, 6.07) is 11.1. The summed E-state index contributed by atoms with van der Waals surface area (Å²) in [5.41, 5.74) is 3.94. The number of amides is 1. The summed E-state index contributed by atoms with van der Waals surface area (Å²) in [7, 11) is 1.55. The molecule has 136 valence electrons. The summed E-state index contributed by atoms with van der Waals surface area (Å²) < 4.78 is 5.17. The van der Waals surface area contributed by atoms with E-state index in [1.165, 1.54) is 13.1 Å². The first kappa shape index (κ1) is 18.5. The van der Waals surface area contributed by atoms with Crippen molar-refractivity contribution in [3.8, 4) is 11.8 Å². The van der Waals surface area contributed by atoms with E-state index < -0.39 is 0 Å². The van der Waals surface area contributed by atoms with Crippen LogP contribution in [-0.4, -0.2) is 18.0 Å². The molecule has 1 amide bonds. The molecule has 0 saturated heterocycles. The van der Waals surface area contributed by atoms with Gasteiger partial charge in [-0.2, -0.15) is 5.26 Å². The Morgan fingerprint density at radius 1 is 1.30 bits per heavy atom. The van der Waals surface area contributed by atoms with Crippen molar-refractivity contribution < 1.29 is 9.53 Å². The van der Waals surface area contributed by atoms with E-state index in [9.17, 15) is 10.1 Å². The summed E-state index contributed by atoms with van der Waals surface area (Å²) in [4.78, 5) is 15.8. The standard InChI is InChI=1S/C20H17ClN4O2/c1-11-6-18-15(8-17(11)24-12(2)26)20(13(9-22)10-23-18)25-14-4-5-19(27-3)16(21)7-14/h4-8,10H,1-3H3,(H,23,25)(H,24,26). The lowest BCUT2D eigenvalue weighted by atomic mass is 10.1. The quantitative estimate of drug-likeness (QED) is 0.680. The number of methoxy groups -OCH3 is 1. The van der Waals surface area contributed by atoms with E-state index in [1.807, 2.05) is 19.1 Å². The minimum atomic E-state index is -0.168. The van der Waals surface area contributed by atoms with Crippen LogP contribution in [0.15, 0.2) is 36.5 Å². The number of carbonyl (C=O) groups excluding carboxylic acids is 1. The zero-order valence-corrected chi connectivity index (χ0v) is 15.8. The van der Waals surface area contributed by atoms with Crippen molar-refractivity contribution in [3.63, 3.8) is 0 Å². The molecule has 0 aliphatic rings. The highest BCUT2D eigenvalue weighted by molar-refractivity contribution is 6.32. The number of anilines is 3. The number of nitrogens with zero attached hydrogens (tertiary/aromatic N) is 2. The number of rotatable bonds is 4. The summed E-state index contributed by atoms with van der Waals surface area (Å²) in [6.45, 7) is 3.34. The molecule has 2 aromatic carbocycles. The maximum atomic E-state index is 11.5. The highest BCUT2D eigenvalue weighted by Crippen LogP contribution is 2.34. The van der Waals surface area contributed by atoms with Crippen molar-refractivity contribution in [1.29, 1.82) is 5.26 Å². The van der Waals surface area contributed by atoms with Crippen LogP contribution in [0.1, 0.15) is 18.1 Å². The summed E-state index contributed by atoms with van der Waals surface area (Å²) in [5.74, 6) is 0.393. The molecule has 0 spiro atoms. The minimum absolute atomic E-state index is 0.168. The lowest BCUT2D eigenvalue weighted by Crippen LogP contribution is -2.07.